The van der Waals surface area contributed by atoms with Crippen molar-refractivity contribution in [3.63, 3.8) is 0 Å². The van der Waals surface area contributed by atoms with Crippen molar-refractivity contribution in [2.24, 2.45) is 0 Å². The molecule has 2 fully saturated rings. The lowest BCUT2D eigenvalue weighted by molar-refractivity contribution is -0.000470. The van der Waals surface area contributed by atoms with Gasteiger partial charge < -0.3 is 10.2 Å². The third-order valence-corrected chi connectivity index (χ3v) is 10.8. The molecule has 0 heterocycles. The second-order valence-corrected chi connectivity index (χ2v) is 13.4. The Morgan fingerprint density at radius 2 is 0.864 bits per heavy atom. The number of aliphatic hydroxyl groups is 2. The van der Waals surface area contributed by atoms with Gasteiger partial charge in [-0.1, -0.05) is 99.2 Å². The molecule has 0 saturated heterocycles. The summed E-state index contributed by atoms with van der Waals surface area (Å²) in [6, 6.07) is 24.6. The highest BCUT2D eigenvalue weighted by molar-refractivity contribution is 6.12. The Balaban J connectivity index is 1.57. The van der Waals surface area contributed by atoms with E-state index in [2.05, 4.69) is 38.1 Å². The van der Waals surface area contributed by atoms with Gasteiger partial charge in [0.15, 0.2) is 5.78 Å². The van der Waals surface area contributed by atoms with Crippen molar-refractivity contribution in [3.05, 3.63) is 117 Å². The Bertz CT molecular complexity index is 1550. The Hall–Kier alpha value is -3.53. The predicted octanol–water partition coefficient (Wildman–Crippen LogP) is 9.79. The van der Waals surface area contributed by atoms with Gasteiger partial charge in [-0.15, -0.1) is 0 Å². The fraction of sp³-hybridized carbons (Fsp3) is 0.390. The van der Waals surface area contributed by atoms with Crippen LogP contribution in [0.1, 0.15) is 114 Å². The van der Waals surface area contributed by atoms with Crippen molar-refractivity contribution >= 4 is 5.78 Å². The smallest absolute Gasteiger partial charge is 0.193 e. The van der Waals surface area contributed by atoms with Crippen LogP contribution < -0.4 is 0 Å². The Labute approximate surface area is 263 Å². The Morgan fingerprint density at radius 1 is 0.523 bits per heavy atom. The lowest BCUT2D eigenvalue weighted by atomic mass is 9.72. The molecule has 0 radical (unpaired) electrons. The summed E-state index contributed by atoms with van der Waals surface area (Å²) in [6.07, 6.45) is 8.94. The molecule has 2 saturated carbocycles. The van der Waals surface area contributed by atoms with Crippen LogP contribution in [0.25, 0.3) is 22.3 Å². The molecule has 3 heteroatoms. The van der Waals surface area contributed by atoms with Gasteiger partial charge in [-0.25, -0.2) is 0 Å². The van der Waals surface area contributed by atoms with Crippen molar-refractivity contribution in [3.8, 4) is 22.3 Å². The molecular formula is C41H46O3. The van der Waals surface area contributed by atoms with Gasteiger partial charge in [0.05, 0.1) is 11.2 Å². The number of hydrogen-bond acceptors (Lipinski definition) is 3. The standard InChI is InChI=1S/C41H46O3/c1-27-29(3)37(31-17-9-5-10-18-31)35(40(43)21-13-7-14-22-40)25-33(27)39(42)34-26-36(41(44)23-15-8-16-24-41)38(30(4)28(34)2)32-19-11-6-12-20-32/h5-6,9-12,17-20,25-26,43-44H,7-8,13-16,21-24H2,1-4H3. The second-order valence-electron chi connectivity index (χ2n) is 13.4. The number of benzene rings is 4. The summed E-state index contributed by atoms with van der Waals surface area (Å²) < 4.78 is 0. The van der Waals surface area contributed by atoms with E-state index >= 15 is 0 Å². The first-order valence-corrected chi connectivity index (χ1v) is 16.5. The molecule has 44 heavy (non-hydrogen) atoms. The highest BCUT2D eigenvalue weighted by Crippen LogP contribution is 2.47. The van der Waals surface area contributed by atoms with Gasteiger partial charge in [-0.2, -0.15) is 0 Å². The monoisotopic (exact) mass is 586 g/mol. The zero-order valence-electron chi connectivity index (χ0n) is 26.8. The molecular weight excluding hydrogens is 540 g/mol. The minimum atomic E-state index is -0.971. The van der Waals surface area contributed by atoms with Gasteiger partial charge in [0.2, 0.25) is 0 Å². The zero-order valence-corrected chi connectivity index (χ0v) is 26.8. The molecule has 4 aromatic rings. The lowest BCUT2D eigenvalue weighted by Crippen LogP contribution is -2.31. The van der Waals surface area contributed by atoms with E-state index in [1.54, 1.807) is 0 Å². The van der Waals surface area contributed by atoms with E-state index < -0.39 is 11.2 Å². The SMILES string of the molecule is Cc1c(C(=O)c2cc(C3(O)CCCCC3)c(-c3ccccc3)c(C)c2C)cc(C2(O)CCCCC2)c(-c2ccccc2)c1C. The van der Waals surface area contributed by atoms with Gasteiger partial charge in [0.25, 0.3) is 0 Å². The average molecular weight is 587 g/mol. The molecule has 2 aliphatic carbocycles. The Morgan fingerprint density at radius 3 is 1.20 bits per heavy atom. The van der Waals surface area contributed by atoms with Crippen LogP contribution in [-0.2, 0) is 11.2 Å². The molecule has 3 nitrogen and oxygen atoms in total. The van der Waals surface area contributed by atoms with Gasteiger partial charge >= 0.3 is 0 Å². The topological polar surface area (TPSA) is 57.5 Å². The van der Waals surface area contributed by atoms with E-state index in [9.17, 15) is 15.0 Å². The molecule has 2 aliphatic rings. The van der Waals surface area contributed by atoms with Crippen LogP contribution in [0, 0.1) is 27.7 Å². The summed E-state index contributed by atoms with van der Waals surface area (Å²) in [6.45, 7) is 8.27. The molecule has 4 aromatic carbocycles. The molecule has 6 rings (SSSR count). The first-order chi connectivity index (χ1) is 21.1. The molecule has 0 unspecified atom stereocenters. The van der Waals surface area contributed by atoms with Crippen molar-refractivity contribution in [2.45, 2.75) is 103 Å². The van der Waals surface area contributed by atoms with Crippen molar-refractivity contribution in [1.82, 2.24) is 0 Å². The fourth-order valence-corrected chi connectivity index (χ4v) is 7.95. The molecule has 0 bridgehead atoms. The van der Waals surface area contributed by atoms with Crippen LogP contribution in [0.5, 0.6) is 0 Å². The minimum Gasteiger partial charge on any atom is -0.385 e. The third-order valence-electron chi connectivity index (χ3n) is 10.8. The van der Waals surface area contributed by atoms with Crippen LogP contribution in [0.15, 0.2) is 72.8 Å². The summed E-state index contributed by atoms with van der Waals surface area (Å²) in [5.74, 6) is -0.0354. The van der Waals surface area contributed by atoms with Crippen molar-refractivity contribution < 1.29 is 15.0 Å². The number of carbonyl (C=O) groups excluding carboxylic acids is 1. The summed E-state index contributed by atoms with van der Waals surface area (Å²) in [5.41, 5.74) is 9.30. The predicted molar refractivity (Wildman–Crippen MR) is 180 cm³/mol. The Kier molecular flexibility index (Phi) is 8.39. The molecule has 0 atom stereocenters. The molecule has 0 amide bonds. The normalized spacial score (nSPS) is 17.8. The lowest BCUT2D eigenvalue weighted by Gasteiger charge is -2.36. The highest BCUT2D eigenvalue weighted by atomic mass is 16.3. The molecule has 0 aliphatic heterocycles. The van der Waals surface area contributed by atoms with Gasteiger partial charge in [0, 0.05) is 11.1 Å². The van der Waals surface area contributed by atoms with E-state index in [1.165, 1.54) is 0 Å². The van der Waals surface area contributed by atoms with E-state index in [-0.39, 0.29) is 5.78 Å². The number of carbonyl (C=O) groups is 1. The summed E-state index contributed by atoms with van der Waals surface area (Å²) >= 11 is 0. The number of rotatable bonds is 6. The van der Waals surface area contributed by atoms with E-state index in [1.807, 2.05) is 62.4 Å². The molecule has 0 aromatic heterocycles. The quantitative estimate of drug-likeness (QED) is 0.221. The summed E-state index contributed by atoms with van der Waals surface area (Å²) in [7, 11) is 0. The van der Waals surface area contributed by atoms with E-state index in [0.29, 0.717) is 36.8 Å². The summed E-state index contributed by atoms with van der Waals surface area (Å²) in [4.78, 5) is 14.8. The van der Waals surface area contributed by atoms with E-state index in [4.69, 9.17) is 0 Å². The van der Waals surface area contributed by atoms with Crippen LogP contribution in [0.3, 0.4) is 0 Å². The minimum absolute atomic E-state index is 0.0354. The first-order valence-electron chi connectivity index (χ1n) is 16.5. The van der Waals surface area contributed by atoms with Crippen molar-refractivity contribution in [1.29, 1.82) is 0 Å². The second kappa shape index (κ2) is 12.1. The third kappa shape index (κ3) is 5.35. The van der Waals surface area contributed by atoms with Crippen molar-refractivity contribution in [2.75, 3.05) is 0 Å². The van der Waals surface area contributed by atoms with Gasteiger partial charge in [0.1, 0.15) is 0 Å². The van der Waals surface area contributed by atoms with Crippen LogP contribution in [0.4, 0.5) is 0 Å². The van der Waals surface area contributed by atoms with Crippen LogP contribution in [-0.4, -0.2) is 16.0 Å². The van der Waals surface area contributed by atoms with Gasteiger partial charge in [-0.05, 0) is 121 Å². The van der Waals surface area contributed by atoms with Crippen LogP contribution >= 0.6 is 0 Å². The maximum absolute atomic E-state index is 14.8. The maximum atomic E-state index is 14.8. The number of hydrogen-bond donors (Lipinski definition) is 2. The zero-order chi connectivity index (χ0) is 31.1. The van der Waals surface area contributed by atoms with Gasteiger partial charge in [-0.3, -0.25) is 4.79 Å². The largest absolute Gasteiger partial charge is 0.385 e. The fourth-order valence-electron chi connectivity index (χ4n) is 7.95. The van der Waals surface area contributed by atoms with Crippen LogP contribution in [0.2, 0.25) is 0 Å². The average Bonchev–Trinajstić information content (AvgIpc) is 3.04. The maximum Gasteiger partial charge on any atom is 0.193 e. The molecule has 2 N–H and O–H groups in total. The van der Waals surface area contributed by atoms with E-state index in [0.717, 1.165) is 94.2 Å². The molecule has 0 spiro atoms. The number of ketones is 1. The summed E-state index contributed by atoms with van der Waals surface area (Å²) in [5, 5.41) is 24.3. The molecule has 228 valence electrons. The highest BCUT2D eigenvalue weighted by Gasteiger charge is 2.38. The first kappa shape index (κ1) is 30.5.